The van der Waals surface area contributed by atoms with Crippen LogP contribution in [0.5, 0.6) is 11.5 Å². The molecule has 3 amide bonds. The molecule has 0 aliphatic rings. The van der Waals surface area contributed by atoms with E-state index in [-0.39, 0.29) is 12.5 Å². The second kappa shape index (κ2) is 12.2. The molecule has 0 aromatic heterocycles. The van der Waals surface area contributed by atoms with Crippen molar-refractivity contribution in [2.24, 2.45) is 5.10 Å². The maximum Gasteiger partial charge on any atom is 0.329 e. The number of benzene rings is 3. The van der Waals surface area contributed by atoms with Crippen LogP contribution in [0.2, 0.25) is 5.02 Å². The van der Waals surface area contributed by atoms with E-state index in [1.807, 2.05) is 13.0 Å². The Balaban J connectivity index is 1.49. The lowest BCUT2D eigenvalue weighted by Crippen LogP contribution is -2.32. The average Bonchev–Trinajstić information content (AvgIpc) is 2.85. The summed E-state index contributed by atoms with van der Waals surface area (Å²) < 4.78 is 10.6. The molecule has 0 radical (unpaired) electrons. The molecule has 0 spiro atoms. The molecule has 0 aliphatic heterocycles. The number of methoxy groups -OCH3 is 1. The molecule has 3 rings (SSSR count). The first-order valence-corrected chi connectivity index (χ1v) is 10.8. The zero-order chi connectivity index (χ0) is 25.2. The first-order chi connectivity index (χ1) is 16.9. The van der Waals surface area contributed by atoms with Crippen molar-refractivity contribution in [1.29, 1.82) is 0 Å². The van der Waals surface area contributed by atoms with Gasteiger partial charge in [-0.1, -0.05) is 41.9 Å². The quantitative estimate of drug-likeness (QED) is 0.250. The van der Waals surface area contributed by atoms with Crippen LogP contribution in [-0.4, -0.2) is 37.7 Å². The second-order valence-corrected chi connectivity index (χ2v) is 7.63. The molecule has 3 N–H and O–H groups in total. The lowest BCUT2D eigenvalue weighted by molar-refractivity contribution is -0.136. The van der Waals surface area contributed by atoms with Crippen LogP contribution in [0.25, 0.3) is 0 Å². The van der Waals surface area contributed by atoms with Crippen molar-refractivity contribution in [3.05, 3.63) is 82.9 Å². The van der Waals surface area contributed by atoms with Crippen molar-refractivity contribution in [3.8, 4) is 11.5 Å². The van der Waals surface area contributed by atoms with E-state index in [0.29, 0.717) is 33.5 Å². The Kier molecular flexibility index (Phi) is 8.80. The van der Waals surface area contributed by atoms with Crippen LogP contribution >= 0.6 is 11.6 Å². The fourth-order valence-electron chi connectivity index (χ4n) is 2.84. The van der Waals surface area contributed by atoms with Crippen LogP contribution in [0.3, 0.4) is 0 Å². The highest BCUT2D eigenvalue weighted by molar-refractivity contribution is 6.39. The molecule has 0 atom stereocenters. The van der Waals surface area contributed by atoms with Crippen LogP contribution < -0.4 is 25.5 Å². The number of carbonyl (C=O) groups is 3. The monoisotopic (exact) mass is 494 g/mol. The molecular weight excluding hydrogens is 472 g/mol. The molecule has 0 aliphatic carbocycles. The van der Waals surface area contributed by atoms with Crippen LogP contribution in [0.1, 0.15) is 11.1 Å². The first kappa shape index (κ1) is 25.3. The van der Waals surface area contributed by atoms with Gasteiger partial charge in [-0.3, -0.25) is 14.4 Å². The van der Waals surface area contributed by atoms with Gasteiger partial charge in [-0.05, 0) is 54.4 Å². The third-order valence-corrected chi connectivity index (χ3v) is 5.03. The van der Waals surface area contributed by atoms with Crippen molar-refractivity contribution in [3.63, 3.8) is 0 Å². The molecule has 35 heavy (non-hydrogen) atoms. The molecule has 3 aromatic carbocycles. The molecule has 180 valence electrons. The average molecular weight is 495 g/mol. The van der Waals surface area contributed by atoms with E-state index < -0.39 is 11.8 Å². The Morgan fingerprint density at radius 2 is 1.77 bits per heavy atom. The fourth-order valence-corrected chi connectivity index (χ4v) is 3.02. The summed E-state index contributed by atoms with van der Waals surface area (Å²) >= 11 is 6.07. The molecule has 3 aromatic rings. The third-order valence-electron chi connectivity index (χ3n) is 4.62. The Morgan fingerprint density at radius 3 is 2.54 bits per heavy atom. The van der Waals surface area contributed by atoms with E-state index in [9.17, 15) is 14.4 Å². The number of nitrogens with zero attached hydrogens (tertiary/aromatic N) is 1. The van der Waals surface area contributed by atoms with Crippen molar-refractivity contribution in [2.45, 2.75) is 6.92 Å². The summed E-state index contributed by atoms with van der Waals surface area (Å²) in [5, 5.41) is 9.51. The predicted molar refractivity (Wildman–Crippen MR) is 134 cm³/mol. The summed E-state index contributed by atoms with van der Waals surface area (Å²) in [4.78, 5) is 36.2. The van der Waals surface area contributed by atoms with Gasteiger partial charge in [-0.15, -0.1) is 0 Å². The lowest BCUT2D eigenvalue weighted by Gasteiger charge is -2.09. The smallest absolute Gasteiger partial charge is 0.329 e. The molecule has 0 unspecified atom stereocenters. The first-order valence-electron chi connectivity index (χ1n) is 10.4. The topological polar surface area (TPSA) is 118 Å². The highest BCUT2D eigenvalue weighted by Crippen LogP contribution is 2.23. The summed E-state index contributed by atoms with van der Waals surface area (Å²) in [5.41, 5.74) is 4.58. The SMILES string of the molecule is COc1ccccc1NC(=O)C(=O)N/N=C\c1cccc(OCC(=O)Nc2ccc(C)c(Cl)c2)c1. The largest absolute Gasteiger partial charge is 0.495 e. The number of aryl methyl sites for hydroxylation is 1. The van der Waals surface area contributed by atoms with Crippen LogP contribution in [0, 0.1) is 6.92 Å². The van der Waals surface area contributed by atoms with Crippen molar-refractivity contribution >= 4 is 46.9 Å². The molecular formula is C25H23ClN4O5. The van der Waals surface area contributed by atoms with E-state index in [4.69, 9.17) is 21.1 Å². The maximum atomic E-state index is 12.2. The van der Waals surface area contributed by atoms with Gasteiger partial charge in [-0.2, -0.15) is 5.10 Å². The van der Waals surface area contributed by atoms with E-state index in [0.717, 1.165) is 5.56 Å². The van der Waals surface area contributed by atoms with Crippen molar-refractivity contribution < 1.29 is 23.9 Å². The number of hydrazone groups is 1. The maximum absolute atomic E-state index is 12.2. The van der Waals surface area contributed by atoms with Crippen LogP contribution in [0.15, 0.2) is 71.8 Å². The number of hydrogen-bond acceptors (Lipinski definition) is 6. The number of hydrogen-bond donors (Lipinski definition) is 3. The molecule has 0 saturated heterocycles. The number of amides is 3. The lowest BCUT2D eigenvalue weighted by atomic mass is 10.2. The Bertz CT molecular complexity index is 1260. The summed E-state index contributed by atoms with van der Waals surface area (Å²) in [6, 6.07) is 18.6. The molecule has 0 saturated carbocycles. The van der Waals surface area contributed by atoms with Gasteiger partial charge in [0.05, 0.1) is 19.0 Å². The van der Waals surface area contributed by atoms with Gasteiger partial charge >= 0.3 is 11.8 Å². The number of rotatable bonds is 8. The second-order valence-electron chi connectivity index (χ2n) is 7.23. The van der Waals surface area contributed by atoms with E-state index in [1.54, 1.807) is 60.7 Å². The van der Waals surface area contributed by atoms with Gasteiger partial charge in [0.15, 0.2) is 6.61 Å². The predicted octanol–water partition coefficient (Wildman–Crippen LogP) is 3.76. The van der Waals surface area contributed by atoms with Gasteiger partial charge in [-0.25, -0.2) is 5.43 Å². The third kappa shape index (κ3) is 7.58. The van der Waals surface area contributed by atoms with Gasteiger partial charge in [0.2, 0.25) is 0 Å². The fraction of sp³-hybridized carbons (Fsp3) is 0.120. The number of nitrogens with one attached hydrogen (secondary N) is 3. The van der Waals surface area contributed by atoms with E-state index in [2.05, 4.69) is 21.2 Å². The number of anilines is 2. The molecule has 0 fully saturated rings. The summed E-state index contributed by atoms with van der Waals surface area (Å²) in [6.45, 7) is 1.65. The van der Waals surface area contributed by atoms with Crippen molar-refractivity contribution in [2.75, 3.05) is 24.4 Å². The summed E-state index contributed by atoms with van der Waals surface area (Å²) in [7, 11) is 1.46. The van der Waals surface area contributed by atoms with Crippen LogP contribution in [0.4, 0.5) is 11.4 Å². The number of carbonyl (C=O) groups excluding carboxylic acids is 3. The molecule has 0 heterocycles. The number of ether oxygens (including phenoxy) is 2. The van der Waals surface area contributed by atoms with E-state index in [1.165, 1.54) is 13.3 Å². The molecule has 0 bridgehead atoms. The minimum atomic E-state index is -0.951. The normalized spacial score (nSPS) is 10.5. The standard InChI is InChI=1S/C25H23ClN4O5/c1-16-10-11-18(13-20(16)26)28-23(31)15-35-19-7-5-6-17(12-19)14-27-30-25(33)24(32)29-21-8-3-4-9-22(21)34-2/h3-14H,15H2,1-2H3,(H,28,31)(H,29,32)(H,30,33)/b27-14-. The number of para-hydroxylation sites is 2. The molecule has 9 nitrogen and oxygen atoms in total. The van der Waals surface area contributed by atoms with E-state index >= 15 is 0 Å². The molecule has 10 heteroatoms. The van der Waals surface area contributed by atoms with Gasteiger partial charge in [0.25, 0.3) is 5.91 Å². The summed E-state index contributed by atoms with van der Waals surface area (Å²) in [6.07, 6.45) is 1.34. The zero-order valence-electron chi connectivity index (χ0n) is 19.0. The highest BCUT2D eigenvalue weighted by atomic mass is 35.5. The van der Waals surface area contributed by atoms with Crippen molar-refractivity contribution in [1.82, 2.24) is 5.43 Å². The van der Waals surface area contributed by atoms with Crippen LogP contribution in [-0.2, 0) is 14.4 Å². The zero-order valence-corrected chi connectivity index (χ0v) is 19.8. The summed E-state index contributed by atoms with van der Waals surface area (Å²) in [5.74, 6) is -1.36. The van der Waals surface area contributed by atoms with Gasteiger partial charge in [0, 0.05) is 10.7 Å². The van der Waals surface area contributed by atoms with Gasteiger partial charge in [0.1, 0.15) is 11.5 Å². The Hall–Kier alpha value is -4.37. The minimum Gasteiger partial charge on any atom is -0.495 e. The van der Waals surface area contributed by atoms with Gasteiger partial charge < -0.3 is 20.1 Å². The Morgan fingerprint density at radius 1 is 0.971 bits per heavy atom. The highest BCUT2D eigenvalue weighted by Gasteiger charge is 2.15. The Labute approximate surface area is 207 Å². The minimum absolute atomic E-state index is 0.216. The number of halogens is 1.